The molecule has 3 heteroatoms. The van der Waals surface area contributed by atoms with Crippen LogP contribution in [0.2, 0.25) is 0 Å². The van der Waals surface area contributed by atoms with Gasteiger partial charge in [-0.2, -0.15) is 0 Å². The molecule has 2 aromatic carbocycles. The zero-order valence-electron chi connectivity index (χ0n) is 14.3. The number of aryl methyl sites for hydroxylation is 1. The van der Waals surface area contributed by atoms with Crippen molar-refractivity contribution in [3.63, 3.8) is 0 Å². The number of carbonyl (C=O) groups excluding carboxylic acids is 1. The molecule has 0 saturated carbocycles. The smallest absolute Gasteiger partial charge is 0.251 e. The molecule has 0 spiro atoms. The first-order chi connectivity index (χ1) is 10.9. The average Bonchev–Trinajstić information content (AvgIpc) is 2.51. The maximum Gasteiger partial charge on any atom is 0.251 e. The number of amides is 1. The van der Waals surface area contributed by atoms with Gasteiger partial charge in [0, 0.05) is 5.56 Å². The van der Waals surface area contributed by atoms with E-state index in [0.717, 1.165) is 11.3 Å². The Balaban J connectivity index is 1.79. The van der Waals surface area contributed by atoms with Gasteiger partial charge in [-0.05, 0) is 41.7 Å². The van der Waals surface area contributed by atoms with Crippen LogP contribution in [0, 0.1) is 6.92 Å². The number of ether oxygens (including phenoxy) is 1. The summed E-state index contributed by atoms with van der Waals surface area (Å²) in [6.07, 6.45) is 0. The molecule has 122 valence electrons. The van der Waals surface area contributed by atoms with Crippen molar-refractivity contribution in [2.45, 2.75) is 33.1 Å². The Bertz CT molecular complexity index is 654. The van der Waals surface area contributed by atoms with Gasteiger partial charge in [-0.25, -0.2) is 0 Å². The van der Waals surface area contributed by atoms with E-state index in [0.29, 0.717) is 18.7 Å². The second-order valence-corrected chi connectivity index (χ2v) is 6.69. The summed E-state index contributed by atoms with van der Waals surface area (Å²) in [6, 6.07) is 15.7. The minimum atomic E-state index is -0.0604. The number of rotatable bonds is 5. The molecule has 0 saturated heterocycles. The number of hydrogen-bond donors (Lipinski definition) is 1. The van der Waals surface area contributed by atoms with Gasteiger partial charge in [-0.3, -0.25) is 4.79 Å². The van der Waals surface area contributed by atoms with Crippen molar-refractivity contribution < 1.29 is 9.53 Å². The number of nitrogens with one attached hydrogen (secondary N) is 1. The monoisotopic (exact) mass is 311 g/mol. The van der Waals surface area contributed by atoms with Crippen LogP contribution in [0.3, 0.4) is 0 Å². The zero-order chi connectivity index (χ0) is 16.9. The van der Waals surface area contributed by atoms with Gasteiger partial charge in [0.15, 0.2) is 0 Å². The average molecular weight is 311 g/mol. The Morgan fingerprint density at radius 2 is 1.70 bits per heavy atom. The predicted molar refractivity (Wildman–Crippen MR) is 94.1 cm³/mol. The SMILES string of the molecule is Cc1ccccc1C(=O)NCCOc1ccc(C(C)(C)C)cc1. The highest BCUT2D eigenvalue weighted by Gasteiger charge is 2.13. The molecule has 0 fully saturated rings. The van der Waals surface area contributed by atoms with E-state index in [4.69, 9.17) is 4.74 Å². The first-order valence-corrected chi connectivity index (χ1v) is 7.95. The van der Waals surface area contributed by atoms with Crippen molar-refractivity contribution in [2.75, 3.05) is 13.2 Å². The lowest BCUT2D eigenvalue weighted by molar-refractivity contribution is 0.0946. The Labute approximate surface area is 138 Å². The van der Waals surface area contributed by atoms with E-state index in [1.807, 2.05) is 43.3 Å². The van der Waals surface area contributed by atoms with Crippen LogP contribution in [0.1, 0.15) is 42.3 Å². The summed E-state index contributed by atoms with van der Waals surface area (Å²) in [7, 11) is 0. The second-order valence-electron chi connectivity index (χ2n) is 6.69. The third-order valence-electron chi connectivity index (χ3n) is 3.77. The van der Waals surface area contributed by atoms with Crippen LogP contribution in [0.25, 0.3) is 0 Å². The highest BCUT2D eigenvalue weighted by atomic mass is 16.5. The fraction of sp³-hybridized carbons (Fsp3) is 0.350. The molecule has 0 aliphatic rings. The summed E-state index contributed by atoms with van der Waals surface area (Å²) in [5.41, 5.74) is 3.10. The van der Waals surface area contributed by atoms with Crippen molar-refractivity contribution in [3.05, 3.63) is 65.2 Å². The summed E-state index contributed by atoms with van der Waals surface area (Å²) in [6.45, 7) is 9.42. The van der Waals surface area contributed by atoms with Gasteiger partial charge in [0.25, 0.3) is 5.91 Å². The molecule has 0 heterocycles. The van der Waals surface area contributed by atoms with E-state index in [1.165, 1.54) is 5.56 Å². The molecule has 0 radical (unpaired) electrons. The van der Waals surface area contributed by atoms with Crippen molar-refractivity contribution in [2.24, 2.45) is 0 Å². The highest BCUT2D eigenvalue weighted by Crippen LogP contribution is 2.24. The van der Waals surface area contributed by atoms with Crippen LogP contribution in [0.5, 0.6) is 5.75 Å². The molecular formula is C20H25NO2. The molecule has 2 aromatic rings. The maximum atomic E-state index is 12.1. The maximum absolute atomic E-state index is 12.1. The Hall–Kier alpha value is -2.29. The van der Waals surface area contributed by atoms with Gasteiger partial charge >= 0.3 is 0 Å². The van der Waals surface area contributed by atoms with Crippen molar-refractivity contribution in [1.29, 1.82) is 0 Å². The zero-order valence-corrected chi connectivity index (χ0v) is 14.3. The quantitative estimate of drug-likeness (QED) is 0.844. The lowest BCUT2D eigenvalue weighted by Crippen LogP contribution is -2.28. The fourth-order valence-electron chi connectivity index (χ4n) is 2.31. The van der Waals surface area contributed by atoms with Gasteiger partial charge in [0.2, 0.25) is 0 Å². The summed E-state index contributed by atoms with van der Waals surface area (Å²) in [5, 5.41) is 2.88. The number of benzene rings is 2. The van der Waals surface area contributed by atoms with Gasteiger partial charge < -0.3 is 10.1 Å². The van der Waals surface area contributed by atoms with Gasteiger partial charge in [-0.15, -0.1) is 0 Å². The molecule has 3 nitrogen and oxygen atoms in total. The van der Waals surface area contributed by atoms with Crippen molar-refractivity contribution >= 4 is 5.91 Å². The molecular weight excluding hydrogens is 286 g/mol. The lowest BCUT2D eigenvalue weighted by Gasteiger charge is -2.19. The molecule has 0 unspecified atom stereocenters. The number of hydrogen-bond acceptors (Lipinski definition) is 2. The second kappa shape index (κ2) is 7.32. The van der Waals surface area contributed by atoms with E-state index < -0.39 is 0 Å². The highest BCUT2D eigenvalue weighted by molar-refractivity contribution is 5.95. The molecule has 0 atom stereocenters. The van der Waals surface area contributed by atoms with E-state index >= 15 is 0 Å². The summed E-state index contributed by atoms with van der Waals surface area (Å²) >= 11 is 0. The molecule has 0 aromatic heterocycles. The van der Waals surface area contributed by atoms with Crippen molar-refractivity contribution in [3.8, 4) is 5.75 Å². The van der Waals surface area contributed by atoms with E-state index in [2.05, 4.69) is 38.2 Å². The fourth-order valence-corrected chi connectivity index (χ4v) is 2.31. The molecule has 0 aliphatic carbocycles. The molecule has 1 N–H and O–H groups in total. The van der Waals surface area contributed by atoms with Crippen LogP contribution in [0.4, 0.5) is 0 Å². The molecule has 0 bridgehead atoms. The normalized spacial score (nSPS) is 11.1. The summed E-state index contributed by atoms with van der Waals surface area (Å²) in [4.78, 5) is 12.1. The standard InChI is InChI=1S/C20H25NO2/c1-15-7-5-6-8-18(15)19(22)21-13-14-23-17-11-9-16(10-12-17)20(2,3)4/h5-12H,13-14H2,1-4H3,(H,21,22). The number of carbonyl (C=O) groups is 1. The van der Waals surface area contributed by atoms with Crippen LogP contribution >= 0.6 is 0 Å². The largest absolute Gasteiger partial charge is 0.492 e. The van der Waals surface area contributed by atoms with Gasteiger partial charge in [0.05, 0.1) is 6.54 Å². The Morgan fingerprint density at radius 3 is 2.30 bits per heavy atom. The lowest BCUT2D eigenvalue weighted by atomic mass is 9.87. The van der Waals surface area contributed by atoms with E-state index in [1.54, 1.807) is 0 Å². The van der Waals surface area contributed by atoms with Crippen LogP contribution in [0.15, 0.2) is 48.5 Å². The molecule has 1 amide bonds. The van der Waals surface area contributed by atoms with Crippen LogP contribution in [-0.2, 0) is 5.41 Å². The topological polar surface area (TPSA) is 38.3 Å². The molecule has 2 rings (SSSR count). The first kappa shape index (κ1) is 17.1. The third-order valence-corrected chi connectivity index (χ3v) is 3.77. The van der Waals surface area contributed by atoms with Crippen molar-refractivity contribution in [1.82, 2.24) is 5.32 Å². The minimum absolute atomic E-state index is 0.0604. The van der Waals surface area contributed by atoms with Gasteiger partial charge in [0.1, 0.15) is 12.4 Å². The molecule has 0 aliphatic heterocycles. The molecule has 23 heavy (non-hydrogen) atoms. The summed E-state index contributed by atoms with van der Waals surface area (Å²) in [5.74, 6) is 0.762. The Kier molecular flexibility index (Phi) is 5.43. The summed E-state index contributed by atoms with van der Waals surface area (Å²) < 4.78 is 5.68. The van der Waals surface area contributed by atoms with Gasteiger partial charge in [-0.1, -0.05) is 51.1 Å². The predicted octanol–water partition coefficient (Wildman–Crippen LogP) is 4.10. The van der Waals surface area contributed by atoms with Crippen LogP contribution < -0.4 is 10.1 Å². The third kappa shape index (κ3) is 4.85. The Morgan fingerprint density at radius 1 is 1.04 bits per heavy atom. The van der Waals surface area contributed by atoms with E-state index in [-0.39, 0.29) is 11.3 Å². The van der Waals surface area contributed by atoms with Crippen LogP contribution in [-0.4, -0.2) is 19.1 Å². The first-order valence-electron chi connectivity index (χ1n) is 7.95. The minimum Gasteiger partial charge on any atom is -0.492 e. The van der Waals surface area contributed by atoms with E-state index in [9.17, 15) is 4.79 Å².